The van der Waals surface area contributed by atoms with Crippen molar-refractivity contribution in [2.75, 3.05) is 7.05 Å². The number of carbonyl (C=O) groups excluding carboxylic acids is 1. The Labute approximate surface area is 149 Å². The second-order valence-electron chi connectivity index (χ2n) is 5.52. The number of thiazole rings is 1. The van der Waals surface area contributed by atoms with Crippen LogP contribution < -0.4 is 0 Å². The Hall–Kier alpha value is -2.05. The van der Waals surface area contributed by atoms with E-state index in [0.717, 1.165) is 20.1 Å². The van der Waals surface area contributed by atoms with Crippen LogP contribution in [0.3, 0.4) is 0 Å². The van der Waals surface area contributed by atoms with E-state index in [1.807, 2.05) is 50.4 Å². The smallest absolute Gasteiger partial charge is 0.235 e. The van der Waals surface area contributed by atoms with Crippen LogP contribution in [0.5, 0.6) is 5.75 Å². The summed E-state index contributed by atoms with van der Waals surface area (Å²) in [6.45, 7) is 2.41. The lowest BCUT2D eigenvalue weighted by molar-refractivity contribution is -0.129. The second-order valence-corrected chi connectivity index (χ2v) is 8.05. The molecule has 24 heavy (non-hydrogen) atoms. The number of fused-ring (bicyclic) bond motifs is 1. The predicted octanol–water partition coefficient (Wildman–Crippen LogP) is 4.14. The van der Waals surface area contributed by atoms with Gasteiger partial charge in [0, 0.05) is 11.9 Å². The van der Waals surface area contributed by atoms with E-state index >= 15 is 0 Å². The van der Waals surface area contributed by atoms with Gasteiger partial charge in [0.2, 0.25) is 5.91 Å². The summed E-state index contributed by atoms with van der Waals surface area (Å²) in [5, 5.41) is 10.1. The van der Waals surface area contributed by atoms with Gasteiger partial charge in [-0.15, -0.1) is 23.1 Å². The molecule has 0 aliphatic carbocycles. The third-order valence-corrected chi connectivity index (χ3v) is 5.70. The van der Waals surface area contributed by atoms with E-state index in [2.05, 4.69) is 4.98 Å². The molecule has 1 unspecified atom stereocenters. The van der Waals surface area contributed by atoms with Gasteiger partial charge in [-0.3, -0.25) is 4.79 Å². The van der Waals surface area contributed by atoms with Crippen LogP contribution in [0.15, 0.2) is 53.4 Å². The van der Waals surface area contributed by atoms with Gasteiger partial charge < -0.3 is 10.0 Å². The Bertz CT molecular complexity index is 813. The van der Waals surface area contributed by atoms with Crippen molar-refractivity contribution in [3.63, 3.8) is 0 Å². The fourth-order valence-electron chi connectivity index (χ4n) is 2.36. The first-order valence-electron chi connectivity index (χ1n) is 7.58. The summed E-state index contributed by atoms with van der Waals surface area (Å²) in [7, 11) is 1.81. The number of rotatable bonds is 5. The summed E-state index contributed by atoms with van der Waals surface area (Å²) < 4.78 is 1.14. The summed E-state index contributed by atoms with van der Waals surface area (Å²) in [4.78, 5) is 19.8. The van der Waals surface area contributed by atoms with Gasteiger partial charge in [0.05, 0.1) is 22.0 Å². The van der Waals surface area contributed by atoms with Gasteiger partial charge in [0.25, 0.3) is 0 Å². The molecule has 0 saturated heterocycles. The van der Waals surface area contributed by atoms with Crippen LogP contribution in [0.1, 0.15) is 11.9 Å². The van der Waals surface area contributed by atoms with Crippen LogP contribution >= 0.6 is 23.1 Å². The summed E-state index contributed by atoms with van der Waals surface area (Å²) in [6, 6.07) is 14.9. The monoisotopic (exact) mass is 358 g/mol. The van der Waals surface area contributed by atoms with E-state index in [1.54, 1.807) is 28.4 Å². The maximum Gasteiger partial charge on any atom is 0.235 e. The summed E-state index contributed by atoms with van der Waals surface area (Å²) in [5.41, 5.74) is 0.977. The van der Waals surface area contributed by atoms with Crippen LogP contribution in [-0.4, -0.2) is 33.2 Å². The van der Waals surface area contributed by atoms with Crippen molar-refractivity contribution in [3.8, 4) is 5.75 Å². The molecule has 0 radical (unpaired) electrons. The first kappa shape index (κ1) is 16.8. The highest BCUT2D eigenvalue weighted by atomic mass is 32.2. The number of nitrogens with zero attached hydrogens (tertiary/aromatic N) is 2. The lowest BCUT2D eigenvalue weighted by Crippen LogP contribution is -2.32. The predicted molar refractivity (Wildman–Crippen MR) is 99.5 cm³/mol. The molecule has 3 aromatic rings. The van der Waals surface area contributed by atoms with Crippen LogP contribution in [0.2, 0.25) is 0 Å². The molecule has 1 heterocycles. The normalized spacial score (nSPS) is 12.2. The summed E-state index contributed by atoms with van der Waals surface area (Å²) in [6.07, 6.45) is 0. The number of amides is 1. The lowest BCUT2D eigenvalue weighted by Gasteiger charge is -2.20. The molecule has 4 nitrogen and oxygen atoms in total. The van der Waals surface area contributed by atoms with Crippen molar-refractivity contribution in [3.05, 3.63) is 53.5 Å². The van der Waals surface area contributed by atoms with E-state index in [-0.39, 0.29) is 16.9 Å². The number of phenolic OH excluding ortho intramolecular Hbond substituents is 1. The molecular weight excluding hydrogens is 340 g/mol. The average Bonchev–Trinajstić information content (AvgIpc) is 2.98. The molecule has 3 rings (SSSR count). The maximum atomic E-state index is 12.6. The number of hydrogen-bond donors (Lipinski definition) is 1. The van der Waals surface area contributed by atoms with Gasteiger partial charge in [0.15, 0.2) is 0 Å². The average molecular weight is 358 g/mol. The number of benzene rings is 2. The Balaban J connectivity index is 1.63. The van der Waals surface area contributed by atoms with Crippen LogP contribution in [-0.2, 0) is 11.3 Å². The third kappa shape index (κ3) is 3.88. The molecule has 1 amide bonds. The third-order valence-electron chi connectivity index (χ3n) is 3.58. The molecule has 6 heteroatoms. The van der Waals surface area contributed by atoms with Crippen molar-refractivity contribution in [2.45, 2.75) is 23.6 Å². The largest absolute Gasteiger partial charge is 0.508 e. The Morgan fingerprint density at radius 2 is 1.96 bits per heavy atom. The SMILES string of the molecule is CC(Sc1ccc(O)cc1)C(=O)N(C)Cc1nc2ccccc2s1. The molecule has 0 bridgehead atoms. The quantitative estimate of drug-likeness (QED) is 0.697. The topological polar surface area (TPSA) is 53.4 Å². The maximum absolute atomic E-state index is 12.6. The number of para-hydroxylation sites is 1. The van der Waals surface area contributed by atoms with Crippen molar-refractivity contribution < 1.29 is 9.90 Å². The van der Waals surface area contributed by atoms with Crippen LogP contribution in [0.4, 0.5) is 0 Å². The molecule has 1 aromatic heterocycles. The first-order chi connectivity index (χ1) is 11.5. The summed E-state index contributed by atoms with van der Waals surface area (Å²) in [5.74, 6) is 0.290. The van der Waals surface area contributed by atoms with Crippen molar-refractivity contribution in [1.29, 1.82) is 0 Å². The minimum Gasteiger partial charge on any atom is -0.508 e. The Kier molecular flexibility index (Phi) is 5.06. The van der Waals surface area contributed by atoms with Gasteiger partial charge >= 0.3 is 0 Å². The zero-order valence-electron chi connectivity index (χ0n) is 13.5. The van der Waals surface area contributed by atoms with Crippen molar-refractivity contribution in [2.24, 2.45) is 0 Å². The molecule has 0 aliphatic rings. The Morgan fingerprint density at radius 1 is 1.25 bits per heavy atom. The van der Waals surface area contributed by atoms with Crippen LogP contribution in [0, 0.1) is 0 Å². The van der Waals surface area contributed by atoms with E-state index in [4.69, 9.17) is 0 Å². The molecule has 0 fully saturated rings. The molecule has 0 saturated carbocycles. The molecule has 2 aromatic carbocycles. The number of thioether (sulfide) groups is 1. The zero-order chi connectivity index (χ0) is 17.1. The van der Waals surface area contributed by atoms with Gasteiger partial charge in [-0.1, -0.05) is 12.1 Å². The number of phenols is 1. The van der Waals surface area contributed by atoms with Crippen LogP contribution in [0.25, 0.3) is 10.2 Å². The zero-order valence-corrected chi connectivity index (χ0v) is 15.1. The minimum atomic E-state index is -0.200. The minimum absolute atomic E-state index is 0.0623. The molecule has 124 valence electrons. The second kappa shape index (κ2) is 7.23. The fraction of sp³-hybridized carbons (Fsp3) is 0.222. The molecular formula is C18H18N2O2S2. The molecule has 1 atom stereocenters. The van der Waals surface area contributed by atoms with E-state index in [1.165, 1.54) is 11.8 Å². The number of carbonyl (C=O) groups is 1. The van der Waals surface area contributed by atoms with Crippen molar-refractivity contribution >= 4 is 39.2 Å². The van der Waals surface area contributed by atoms with E-state index in [0.29, 0.717) is 6.54 Å². The number of aromatic hydroxyl groups is 1. The van der Waals surface area contributed by atoms with Gasteiger partial charge in [0.1, 0.15) is 10.8 Å². The van der Waals surface area contributed by atoms with E-state index < -0.39 is 0 Å². The van der Waals surface area contributed by atoms with Gasteiger partial charge in [-0.25, -0.2) is 4.98 Å². The summed E-state index contributed by atoms with van der Waals surface area (Å²) >= 11 is 3.11. The highest BCUT2D eigenvalue weighted by Crippen LogP contribution is 2.27. The molecule has 1 N–H and O–H groups in total. The lowest BCUT2D eigenvalue weighted by atomic mass is 10.3. The highest BCUT2D eigenvalue weighted by Gasteiger charge is 2.20. The van der Waals surface area contributed by atoms with Gasteiger partial charge in [-0.2, -0.15) is 0 Å². The molecule has 0 spiro atoms. The van der Waals surface area contributed by atoms with Crippen molar-refractivity contribution in [1.82, 2.24) is 9.88 Å². The van der Waals surface area contributed by atoms with Gasteiger partial charge in [-0.05, 0) is 43.3 Å². The number of aromatic nitrogens is 1. The standard InChI is InChI=1S/C18H18N2O2S2/c1-12(23-14-9-7-13(21)8-10-14)18(22)20(2)11-17-19-15-5-3-4-6-16(15)24-17/h3-10,12,21H,11H2,1-2H3. The fourth-order valence-corrected chi connectivity index (χ4v) is 4.36. The van der Waals surface area contributed by atoms with E-state index in [9.17, 15) is 9.90 Å². The first-order valence-corrected chi connectivity index (χ1v) is 9.27. The molecule has 0 aliphatic heterocycles. The number of hydrogen-bond acceptors (Lipinski definition) is 5. The Morgan fingerprint density at radius 3 is 2.67 bits per heavy atom. The highest BCUT2D eigenvalue weighted by molar-refractivity contribution is 8.00.